The van der Waals surface area contributed by atoms with Crippen molar-refractivity contribution in [3.05, 3.63) is 59.7 Å². The standard InChI is InChI=1S/C26H40N4.C6H8O7/c1-8-30(9-2)20-10-11-21(3)27-26(22-12-16-24(17-13-22)28(4)5)23-14-18-25(19-15-23)29(6)7;7-3(8)1-6(13,5(11)12)2-4(9)10/h12-19,21H,8-11,20H2,1-7H3;13H,1-2H2,(H,7,8)(H,9,10)(H,11,12). The molecule has 0 spiro atoms. The van der Waals surface area contributed by atoms with Crippen LogP contribution in [-0.2, 0) is 14.4 Å². The Kier molecular flexibility index (Phi) is 15.4. The maximum Gasteiger partial charge on any atom is 0.336 e. The van der Waals surface area contributed by atoms with Gasteiger partial charge in [-0.1, -0.05) is 38.1 Å². The zero-order valence-corrected chi connectivity index (χ0v) is 26.4. The molecule has 4 N–H and O–H groups in total. The van der Waals surface area contributed by atoms with Crippen molar-refractivity contribution in [2.75, 3.05) is 57.6 Å². The van der Waals surface area contributed by atoms with Crippen LogP contribution in [0, 0.1) is 0 Å². The summed E-state index contributed by atoms with van der Waals surface area (Å²) < 4.78 is 0. The summed E-state index contributed by atoms with van der Waals surface area (Å²) >= 11 is 0. The number of hydrogen-bond donors (Lipinski definition) is 4. The van der Waals surface area contributed by atoms with E-state index < -0.39 is 36.4 Å². The lowest BCUT2D eigenvalue weighted by molar-refractivity contribution is -0.170. The largest absolute Gasteiger partial charge is 0.481 e. The van der Waals surface area contributed by atoms with E-state index in [-0.39, 0.29) is 6.04 Å². The Morgan fingerprint density at radius 3 is 1.47 bits per heavy atom. The Hall–Kier alpha value is -3.96. The van der Waals surface area contributed by atoms with Gasteiger partial charge >= 0.3 is 17.9 Å². The zero-order chi connectivity index (χ0) is 32.7. The molecule has 0 aliphatic rings. The maximum absolute atomic E-state index is 10.3. The number of hydrogen-bond acceptors (Lipinski definition) is 8. The molecular weight excluding hydrogens is 552 g/mol. The molecule has 1 atom stereocenters. The highest BCUT2D eigenvalue weighted by atomic mass is 16.4. The maximum atomic E-state index is 10.3. The fourth-order valence-corrected chi connectivity index (χ4v) is 4.30. The second-order valence-electron chi connectivity index (χ2n) is 10.9. The number of carboxylic acid groups (broad SMARTS) is 3. The SMILES string of the molecule is CCN(CC)CCCC(C)N=C(c1ccc(N(C)C)cc1)c1ccc(N(C)C)cc1.O=C(O)CC(O)(CC(=O)O)C(=O)O. The van der Waals surface area contributed by atoms with Gasteiger partial charge in [-0.05, 0) is 63.7 Å². The first-order chi connectivity index (χ1) is 20.1. The van der Waals surface area contributed by atoms with Crippen LogP contribution in [0.2, 0.25) is 0 Å². The normalized spacial score (nSPS) is 11.7. The Morgan fingerprint density at radius 2 is 1.16 bits per heavy atom. The second-order valence-corrected chi connectivity index (χ2v) is 10.9. The number of carboxylic acids is 3. The summed E-state index contributed by atoms with van der Waals surface area (Å²) in [4.78, 5) is 42.4. The molecule has 2 aromatic rings. The highest BCUT2D eigenvalue weighted by molar-refractivity contribution is 6.13. The van der Waals surface area contributed by atoms with Gasteiger partial charge in [-0.2, -0.15) is 0 Å². The minimum absolute atomic E-state index is 0.289. The summed E-state index contributed by atoms with van der Waals surface area (Å²) in [6, 6.07) is 17.7. The third-order valence-electron chi connectivity index (χ3n) is 6.94. The quantitative estimate of drug-likeness (QED) is 0.209. The van der Waals surface area contributed by atoms with Gasteiger partial charge in [-0.25, -0.2) is 4.79 Å². The first-order valence-electron chi connectivity index (χ1n) is 14.4. The lowest BCUT2D eigenvalue weighted by Crippen LogP contribution is -2.42. The average Bonchev–Trinajstić information content (AvgIpc) is 2.93. The summed E-state index contributed by atoms with van der Waals surface area (Å²) in [5, 5.41) is 33.8. The number of aliphatic carboxylic acids is 3. The van der Waals surface area contributed by atoms with Crippen LogP contribution in [0.15, 0.2) is 53.5 Å². The molecule has 0 saturated heterocycles. The number of nitrogens with zero attached hydrogens (tertiary/aromatic N) is 4. The topological polar surface area (TPSA) is 154 Å². The summed E-state index contributed by atoms with van der Waals surface area (Å²) in [5.41, 5.74) is 3.10. The molecular formula is C32H48N4O7. The van der Waals surface area contributed by atoms with Gasteiger partial charge in [0.1, 0.15) is 0 Å². The number of anilines is 2. The molecule has 0 heterocycles. The van der Waals surface area contributed by atoms with Gasteiger partial charge in [0.25, 0.3) is 0 Å². The summed E-state index contributed by atoms with van der Waals surface area (Å²) in [7, 11) is 8.29. The van der Waals surface area contributed by atoms with Crippen molar-refractivity contribution in [3.8, 4) is 0 Å². The van der Waals surface area contributed by atoms with Crippen LogP contribution in [0.25, 0.3) is 0 Å². The third kappa shape index (κ3) is 12.8. The monoisotopic (exact) mass is 600 g/mol. The van der Waals surface area contributed by atoms with Gasteiger partial charge in [0, 0.05) is 56.7 Å². The van der Waals surface area contributed by atoms with E-state index in [0.717, 1.165) is 31.8 Å². The molecule has 0 radical (unpaired) electrons. The van der Waals surface area contributed by atoms with Crippen LogP contribution >= 0.6 is 0 Å². The number of carbonyl (C=O) groups is 3. The van der Waals surface area contributed by atoms with Crippen molar-refractivity contribution < 1.29 is 34.8 Å². The first kappa shape index (κ1) is 37.1. The minimum Gasteiger partial charge on any atom is -0.481 e. The van der Waals surface area contributed by atoms with E-state index in [1.165, 1.54) is 28.9 Å². The molecule has 0 amide bonds. The van der Waals surface area contributed by atoms with E-state index in [1.807, 2.05) is 0 Å². The second kappa shape index (κ2) is 17.9. The fourth-order valence-electron chi connectivity index (χ4n) is 4.30. The molecule has 43 heavy (non-hydrogen) atoms. The Labute approximate surface area is 255 Å². The van der Waals surface area contributed by atoms with Crippen molar-refractivity contribution in [1.29, 1.82) is 0 Å². The van der Waals surface area contributed by atoms with Crippen LogP contribution in [0.3, 0.4) is 0 Å². The first-order valence-corrected chi connectivity index (χ1v) is 14.4. The van der Waals surface area contributed by atoms with Crippen molar-refractivity contribution >= 4 is 35.0 Å². The molecule has 0 saturated carbocycles. The van der Waals surface area contributed by atoms with E-state index in [4.69, 9.17) is 25.4 Å². The number of aliphatic imine (C=N–C) groups is 1. The Balaban J connectivity index is 0.000000599. The van der Waals surface area contributed by atoms with Crippen LogP contribution in [-0.4, -0.2) is 108 Å². The molecule has 0 fully saturated rings. The Bertz CT molecular complexity index is 1120. The lowest BCUT2D eigenvalue weighted by atomic mass is 9.96. The molecule has 0 aliphatic carbocycles. The van der Waals surface area contributed by atoms with E-state index in [1.54, 1.807) is 0 Å². The predicted octanol–water partition coefficient (Wildman–Crippen LogP) is 3.92. The molecule has 0 aromatic heterocycles. The van der Waals surface area contributed by atoms with Gasteiger partial charge < -0.3 is 35.1 Å². The molecule has 238 valence electrons. The molecule has 0 aliphatic heterocycles. The molecule has 11 nitrogen and oxygen atoms in total. The predicted molar refractivity (Wildman–Crippen MR) is 171 cm³/mol. The fraction of sp³-hybridized carbons (Fsp3) is 0.500. The van der Waals surface area contributed by atoms with Crippen molar-refractivity contribution in [2.24, 2.45) is 4.99 Å². The van der Waals surface area contributed by atoms with Crippen molar-refractivity contribution in [3.63, 3.8) is 0 Å². The van der Waals surface area contributed by atoms with Gasteiger partial charge in [-0.3, -0.25) is 14.6 Å². The zero-order valence-electron chi connectivity index (χ0n) is 26.4. The summed E-state index contributed by atoms with van der Waals surface area (Å²) in [5.74, 6) is -5.02. The van der Waals surface area contributed by atoms with Gasteiger partial charge in [0.05, 0.1) is 18.6 Å². The van der Waals surface area contributed by atoms with Crippen LogP contribution in [0.1, 0.15) is 57.6 Å². The number of aliphatic hydroxyl groups is 1. The van der Waals surface area contributed by atoms with E-state index in [9.17, 15) is 14.4 Å². The van der Waals surface area contributed by atoms with Crippen LogP contribution < -0.4 is 9.80 Å². The van der Waals surface area contributed by atoms with Gasteiger partial charge in [-0.15, -0.1) is 0 Å². The average molecular weight is 601 g/mol. The number of rotatable bonds is 16. The molecule has 2 rings (SSSR count). The van der Waals surface area contributed by atoms with Gasteiger partial charge in [0.2, 0.25) is 0 Å². The highest BCUT2D eigenvalue weighted by Gasteiger charge is 2.40. The van der Waals surface area contributed by atoms with Crippen molar-refractivity contribution in [1.82, 2.24) is 4.90 Å². The summed E-state index contributed by atoms with van der Waals surface area (Å²) in [6.45, 7) is 10.1. The smallest absolute Gasteiger partial charge is 0.336 e. The molecule has 1 unspecified atom stereocenters. The molecule has 0 bridgehead atoms. The van der Waals surface area contributed by atoms with E-state index in [2.05, 4.69) is 112 Å². The van der Waals surface area contributed by atoms with Gasteiger partial charge in [0.15, 0.2) is 5.60 Å². The van der Waals surface area contributed by atoms with E-state index in [0.29, 0.717) is 0 Å². The number of benzene rings is 2. The highest BCUT2D eigenvalue weighted by Crippen LogP contribution is 2.20. The van der Waals surface area contributed by atoms with Crippen LogP contribution in [0.4, 0.5) is 11.4 Å². The third-order valence-corrected chi connectivity index (χ3v) is 6.94. The summed E-state index contributed by atoms with van der Waals surface area (Å²) in [6.07, 6.45) is -0.00636. The minimum atomic E-state index is -2.74. The molecule has 11 heteroatoms. The lowest BCUT2D eigenvalue weighted by Gasteiger charge is -2.19. The molecule has 2 aromatic carbocycles. The Morgan fingerprint density at radius 1 is 0.767 bits per heavy atom. The van der Waals surface area contributed by atoms with Crippen LogP contribution in [0.5, 0.6) is 0 Å². The van der Waals surface area contributed by atoms with Crippen molar-refractivity contribution in [2.45, 2.75) is 58.1 Å². The van der Waals surface area contributed by atoms with E-state index >= 15 is 0 Å².